The summed E-state index contributed by atoms with van der Waals surface area (Å²) in [5.41, 5.74) is 0. The number of hydrogen-bond donors (Lipinski definition) is 0. The maximum atomic E-state index is 11.4. The minimum Gasteiger partial charge on any atom is -0.462 e. The zero-order valence-electron chi connectivity index (χ0n) is 13.1. The van der Waals surface area contributed by atoms with E-state index >= 15 is 0 Å². The van der Waals surface area contributed by atoms with Gasteiger partial charge in [0.05, 0.1) is 0 Å². The van der Waals surface area contributed by atoms with Gasteiger partial charge in [0.1, 0.15) is 13.2 Å². The molecule has 0 aromatic carbocycles. The molecule has 0 amide bonds. The first-order valence-electron chi connectivity index (χ1n) is 8.02. The van der Waals surface area contributed by atoms with Crippen LogP contribution < -0.4 is 0 Å². The van der Waals surface area contributed by atoms with E-state index in [-0.39, 0.29) is 25.2 Å². The van der Waals surface area contributed by atoms with Crippen LogP contribution in [-0.4, -0.2) is 25.2 Å². The molecule has 4 heteroatoms. The van der Waals surface area contributed by atoms with Gasteiger partial charge in [-0.15, -0.1) is 0 Å². The van der Waals surface area contributed by atoms with Crippen LogP contribution in [0.15, 0.2) is 0 Å². The van der Waals surface area contributed by atoms with E-state index in [4.69, 9.17) is 9.47 Å². The van der Waals surface area contributed by atoms with E-state index in [1.54, 1.807) is 0 Å². The first-order valence-corrected chi connectivity index (χ1v) is 8.02. The Morgan fingerprint density at radius 1 is 0.650 bits per heavy atom. The van der Waals surface area contributed by atoms with Gasteiger partial charge in [-0.2, -0.15) is 0 Å². The van der Waals surface area contributed by atoms with E-state index in [2.05, 4.69) is 6.92 Å². The summed E-state index contributed by atoms with van der Waals surface area (Å²) >= 11 is 0. The highest BCUT2D eigenvalue weighted by Gasteiger charge is 2.04. The van der Waals surface area contributed by atoms with Gasteiger partial charge in [-0.3, -0.25) is 9.59 Å². The van der Waals surface area contributed by atoms with E-state index in [9.17, 15) is 9.59 Å². The molecule has 0 heterocycles. The molecular weight excluding hydrogens is 256 g/mol. The molecule has 0 aliphatic carbocycles. The number of carbonyl (C=O) groups is 2. The molecule has 0 N–H and O–H groups in total. The smallest absolute Gasteiger partial charge is 0.305 e. The van der Waals surface area contributed by atoms with Crippen molar-refractivity contribution in [1.82, 2.24) is 0 Å². The lowest BCUT2D eigenvalue weighted by molar-refractivity contribution is -0.152. The molecule has 0 rings (SSSR count). The van der Waals surface area contributed by atoms with Crippen LogP contribution in [0.1, 0.15) is 78.1 Å². The van der Waals surface area contributed by atoms with Gasteiger partial charge in [0.2, 0.25) is 0 Å². The van der Waals surface area contributed by atoms with Gasteiger partial charge in [-0.05, 0) is 12.8 Å². The van der Waals surface area contributed by atoms with Crippen LogP contribution in [0.3, 0.4) is 0 Å². The minimum absolute atomic E-state index is 0.168. The van der Waals surface area contributed by atoms with Crippen molar-refractivity contribution < 1.29 is 19.1 Å². The lowest BCUT2D eigenvalue weighted by Crippen LogP contribution is -2.13. The second kappa shape index (κ2) is 14.4. The Labute approximate surface area is 123 Å². The summed E-state index contributed by atoms with van der Waals surface area (Å²) in [4.78, 5) is 22.4. The van der Waals surface area contributed by atoms with Gasteiger partial charge in [-0.1, -0.05) is 52.4 Å². The second-order valence-corrected chi connectivity index (χ2v) is 5.06. The average Bonchev–Trinajstić information content (AvgIpc) is 2.43. The highest BCUT2D eigenvalue weighted by atomic mass is 16.6. The summed E-state index contributed by atoms with van der Waals surface area (Å²) in [7, 11) is 0. The molecule has 4 nitrogen and oxygen atoms in total. The molecule has 0 aliphatic rings. The van der Waals surface area contributed by atoms with Crippen LogP contribution in [0.4, 0.5) is 0 Å². The van der Waals surface area contributed by atoms with Crippen LogP contribution in [0.2, 0.25) is 0 Å². The lowest BCUT2D eigenvalue weighted by Gasteiger charge is -2.06. The minimum atomic E-state index is -0.226. The topological polar surface area (TPSA) is 52.6 Å². The number of ether oxygens (including phenoxy) is 2. The highest BCUT2D eigenvalue weighted by Crippen LogP contribution is 2.08. The molecule has 20 heavy (non-hydrogen) atoms. The maximum Gasteiger partial charge on any atom is 0.305 e. The number of rotatable bonds is 13. The van der Waals surface area contributed by atoms with Crippen molar-refractivity contribution in [2.24, 2.45) is 0 Å². The third-order valence-corrected chi connectivity index (χ3v) is 3.05. The summed E-state index contributed by atoms with van der Waals surface area (Å²) in [6, 6.07) is 0. The van der Waals surface area contributed by atoms with E-state index in [1.165, 1.54) is 32.1 Å². The SMILES string of the molecule is CCCCCCCCCC(=O)OCCOC(=O)CCC. The predicted molar refractivity (Wildman–Crippen MR) is 79.4 cm³/mol. The van der Waals surface area contributed by atoms with Gasteiger partial charge < -0.3 is 9.47 Å². The lowest BCUT2D eigenvalue weighted by atomic mass is 10.1. The Balaban J connectivity index is 3.26. The van der Waals surface area contributed by atoms with Crippen molar-refractivity contribution in [1.29, 1.82) is 0 Å². The highest BCUT2D eigenvalue weighted by molar-refractivity contribution is 5.70. The van der Waals surface area contributed by atoms with E-state index in [0.717, 1.165) is 19.3 Å². The number of unbranched alkanes of at least 4 members (excludes halogenated alkanes) is 6. The molecule has 118 valence electrons. The molecule has 0 saturated carbocycles. The summed E-state index contributed by atoms with van der Waals surface area (Å²) in [5, 5.41) is 0. The summed E-state index contributed by atoms with van der Waals surface area (Å²) in [5.74, 6) is -0.416. The van der Waals surface area contributed by atoms with Crippen LogP contribution in [0.25, 0.3) is 0 Å². The summed E-state index contributed by atoms with van der Waals surface area (Å²) < 4.78 is 9.90. The standard InChI is InChI=1S/C16H30O4/c1-3-5-6-7-8-9-10-12-16(18)20-14-13-19-15(17)11-4-2/h3-14H2,1-2H3. The fourth-order valence-corrected chi connectivity index (χ4v) is 1.89. The van der Waals surface area contributed by atoms with Gasteiger partial charge >= 0.3 is 11.9 Å². The largest absolute Gasteiger partial charge is 0.462 e. The monoisotopic (exact) mass is 286 g/mol. The first kappa shape index (κ1) is 18.9. The molecule has 0 aromatic heterocycles. The Morgan fingerprint density at radius 2 is 1.15 bits per heavy atom. The summed E-state index contributed by atoms with van der Waals surface area (Å²) in [6.07, 6.45) is 9.96. The fraction of sp³-hybridized carbons (Fsp3) is 0.875. The van der Waals surface area contributed by atoms with Crippen molar-refractivity contribution >= 4 is 11.9 Å². The molecule has 0 unspecified atom stereocenters. The normalized spacial score (nSPS) is 10.3. The molecule has 0 aliphatic heterocycles. The van der Waals surface area contributed by atoms with Crippen LogP contribution >= 0.6 is 0 Å². The molecule has 0 radical (unpaired) electrons. The molecule has 0 fully saturated rings. The Hall–Kier alpha value is -1.06. The molecule has 0 atom stereocenters. The molecular formula is C16H30O4. The van der Waals surface area contributed by atoms with Gasteiger partial charge in [0, 0.05) is 12.8 Å². The fourth-order valence-electron chi connectivity index (χ4n) is 1.89. The molecule has 0 saturated heterocycles. The molecule has 0 spiro atoms. The number of esters is 2. The molecule has 0 bridgehead atoms. The van der Waals surface area contributed by atoms with Crippen molar-refractivity contribution in [3.8, 4) is 0 Å². The van der Waals surface area contributed by atoms with E-state index in [1.807, 2.05) is 6.92 Å². The van der Waals surface area contributed by atoms with E-state index < -0.39 is 0 Å². The van der Waals surface area contributed by atoms with Crippen LogP contribution in [0.5, 0.6) is 0 Å². The second-order valence-electron chi connectivity index (χ2n) is 5.06. The number of carbonyl (C=O) groups excluding carboxylic acids is 2. The van der Waals surface area contributed by atoms with Gasteiger partial charge in [0.15, 0.2) is 0 Å². The summed E-state index contributed by atoms with van der Waals surface area (Å²) in [6.45, 7) is 4.46. The number of hydrogen-bond acceptors (Lipinski definition) is 4. The maximum absolute atomic E-state index is 11.4. The quantitative estimate of drug-likeness (QED) is 0.379. The average molecular weight is 286 g/mol. The van der Waals surface area contributed by atoms with Gasteiger partial charge in [-0.25, -0.2) is 0 Å². The van der Waals surface area contributed by atoms with Crippen LogP contribution in [0, 0.1) is 0 Å². The Morgan fingerprint density at radius 3 is 1.70 bits per heavy atom. The van der Waals surface area contributed by atoms with Crippen molar-refractivity contribution in [2.75, 3.05) is 13.2 Å². The Kier molecular flexibility index (Phi) is 13.6. The van der Waals surface area contributed by atoms with Crippen LogP contribution in [-0.2, 0) is 19.1 Å². The third-order valence-electron chi connectivity index (χ3n) is 3.05. The molecule has 0 aromatic rings. The zero-order chi connectivity index (χ0) is 15.1. The van der Waals surface area contributed by atoms with Crippen molar-refractivity contribution in [3.63, 3.8) is 0 Å². The van der Waals surface area contributed by atoms with Crippen molar-refractivity contribution in [3.05, 3.63) is 0 Å². The third kappa shape index (κ3) is 13.4. The van der Waals surface area contributed by atoms with E-state index in [0.29, 0.717) is 12.8 Å². The zero-order valence-corrected chi connectivity index (χ0v) is 13.1. The Bertz CT molecular complexity index is 251. The first-order chi connectivity index (χ1) is 9.70. The van der Waals surface area contributed by atoms with Crippen molar-refractivity contribution in [2.45, 2.75) is 78.1 Å². The predicted octanol–water partition coefficient (Wildman–Crippen LogP) is 4.01. The van der Waals surface area contributed by atoms with Gasteiger partial charge in [0.25, 0.3) is 0 Å².